The van der Waals surface area contributed by atoms with Crippen LogP contribution >= 0.6 is 0 Å². The maximum Gasteiger partial charge on any atom is 0.278 e. The van der Waals surface area contributed by atoms with E-state index in [0.29, 0.717) is 42.0 Å². The molecule has 0 aliphatic rings. The van der Waals surface area contributed by atoms with E-state index < -0.39 is 11.9 Å². The molecule has 2 aromatic carbocycles. The molecule has 0 saturated heterocycles. The number of nitrogen functional groups attached to an aromatic ring is 1. The second-order valence-electron chi connectivity index (χ2n) is 8.47. The fourth-order valence-electron chi connectivity index (χ4n) is 3.54. The van der Waals surface area contributed by atoms with Crippen molar-refractivity contribution in [2.45, 2.75) is 45.8 Å². The van der Waals surface area contributed by atoms with E-state index in [2.05, 4.69) is 35.9 Å². The Morgan fingerprint density at radius 1 is 1.02 bits per heavy atom. The molecule has 208 valence electrons. The summed E-state index contributed by atoms with van der Waals surface area (Å²) in [7, 11) is 0. The van der Waals surface area contributed by atoms with Crippen LogP contribution in [0, 0.1) is 0 Å². The van der Waals surface area contributed by atoms with E-state index >= 15 is 0 Å². The van der Waals surface area contributed by atoms with Gasteiger partial charge >= 0.3 is 0 Å². The van der Waals surface area contributed by atoms with Gasteiger partial charge in [-0.05, 0) is 48.4 Å². The first-order valence-corrected chi connectivity index (χ1v) is 12.8. The molecule has 1 atom stereocenters. The highest BCUT2D eigenvalue weighted by Gasteiger charge is 2.15. The number of carbonyl (C=O) groups excluding carboxylic acids is 3. The molecule has 2 heterocycles. The van der Waals surface area contributed by atoms with Crippen molar-refractivity contribution in [2.75, 3.05) is 11.1 Å². The van der Waals surface area contributed by atoms with E-state index in [0.717, 1.165) is 5.56 Å². The number of benzene rings is 2. The van der Waals surface area contributed by atoms with Crippen LogP contribution in [-0.2, 0) is 22.7 Å². The van der Waals surface area contributed by atoms with Crippen molar-refractivity contribution in [2.24, 2.45) is 0 Å². The second-order valence-corrected chi connectivity index (χ2v) is 8.47. The Bertz CT molecular complexity index is 1490. The Balaban J connectivity index is 0.00000216. The highest BCUT2D eigenvalue weighted by Crippen LogP contribution is 2.12. The lowest BCUT2D eigenvalue weighted by Crippen LogP contribution is -2.37. The lowest BCUT2D eigenvalue weighted by atomic mass is 10.1. The summed E-state index contributed by atoms with van der Waals surface area (Å²) in [6.45, 7) is 4.65. The highest BCUT2D eigenvalue weighted by molar-refractivity contribution is 5.96. The van der Waals surface area contributed by atoms with E-state index in [4.69, 9.17) is 5.73 Å². The molecule has 0 radical (unpaired) electrons. The van der Waals surface area contributed by atoms with E-state index in [1.165, 1.54) is 12.5 Å². The topological polar surface area (TPSA) is 185 Å². The van der Waals surface area contributed by atoms with Crippen molar-refractivity contribution in [1.82, 2.24) is 30.6 Å². The summed E-state index contributed by atoms with van der Waals surface area (Å²) in [5.41, 5.74) is 8.87. The molecular weight excluding hydrogens is 512 g/mol. The number of aromatic amines is 1. The number of nitrogens with zero attached hydrogens (tertiary/aromatic N) is 3. The minimum atomic E-state index is -0.799. The molecule has 12 nitrogen and oxygen atoms in total. The zero-order chi connectivity index (χ0) is 28.9. The van der Waals surface area contributed by atoms with Crippen molar-refractivity contribution in [3.63, 3.8) is 0 Å². The first-order valence-electron chi connectivity index (χ1n) is 12.8. The molecule has 0 aliphatic heterocycles. The SMILES string of the molecule is CC.Nc1ccc(CNC(=O)CCC(C=O)NC(=O)c2ccc(NCc3cnc4nc[nH]c(=O)c4n3)cc2)cc1. The van der Waals surface area contributed by atoms with Gasteiger partial charge in [0.1, 0.15) is 6.29 Å². The monoisotopic (exact) mass is 544 g/mol. The number of rotatable bonds is 11. The molecule has 4 rings (SSSR count). The van der Waals surface area contributed by atoms with E-state index in [1.54, 1.807) is 36.4 Å². The number of amides is 2. The number of fused-ring (bicyclic) bond motifs is 1. The number of nitrogens with one attached hydrogen (secondary N) is 4. The third kappa shape index (κ3) is 8.45. The minimum Gasteiger partial charge on any atom is -0.399 e. The maximum atomic E-state index is 12.6. The summed E-state index contributed by atoms with van der Waals surface area (Å²) in [5.74, 6) is -0.654. The Morgan fingerprint density at radius 3 is 2.45 bits per heavy atom. The molecule has 6 N–H and O–H groups in total. The predicted octanol–water partition coefficient (Wildman–Crippen LogP) is 2.33. The van der Waals surface area contributed by atoms with E-state index in [9.17, 15) is 19.2 Å². The Labute approximate surface area is 230 Å². The molecule has 12 heteroatoms. The molecule has 2 amide bonds. The molecule has 0 bridgehead atoms. The van der Waals surface area contributed by atoms with E-state index in [-0.39, 0.29) is 35.5 Å². The molecular formula is C28H32N8O4. The summed E-state index contributed by atoms with van der Waals surface area (Å²) in [5, 5.41) is 8.57. The molecule has 0 spiro atoms. The van der Waals surface area contributed by atoms with Crippen LogP contribution in [-0.4, -0.2) is 44.1 Å². The van der Waals surface area contributed by atoms with Crippen LogP contribution in [0.25, 0.3) is 11.2 Å². The van der Waals surface area contributed by atoms with Gasteiger partial charge in [-0.3, -0.25) is 14.4 Å². The summed E-state index contributed by atoms with van der Waals surface area (Å²) in [6.07, 6.45) is 3.68. The van der Waals surface area contributed by atoms with Crippen LogP contribution < -0.4 is 27.2 Å². The zero-order valence-electron chi connectivity index (χ0n) is 22.3. The number of hydrogen-bond donors (Lipinski definition) is 5. The van der Waals surface area contributed by atoms with Gasteiger partial charge in [0.25, 0.3) is 11.5 Å². The first-order chi connectivity index (χ1) is 19.4. The van der Waals surface area contributed by atoms with Crippen LogP contribution in [0.4, 0.5) is 11.4 Å². The number of H-pyrrole nitrogens is 1. The quantitative estimate of drug-likeness (QED) is 0.140. The molecule has 0 fully saturated rings. The van der Waals surface area contributed by atoms with Crippen LogP contribution in [0.2, 0.25) is 0 Å². The van der Waals surface area contributed by atoms with Crippen molar-refractivity contribution in [1.29, 1.82) is 0 Å². The zero-order valence-corrected chi connectivity index (χ0v) is 22.3. The molecule has 0 saturated carbocycles. The van der Waals surface area contributed by atoms with Gasteiger partial charge in [-0.15, -0.1) is 0 Å². The number of anilines is 2. The smallest absolute Gasteiger partial charge is 0.278 e. The van der Waals surface area contributed by atoms with Crippen LogP contribution in [0.3, 0.4) is 0 Å². The normalized spacial score (nSPS) is 11.1. The van der Waals surface area contributed by atoms with Crippen molar-refractivity contribution in [3.8, 4) is 0 Å². The number of aldehydes is 1. The average molecular weight is 545 g/mol. The van der Waals surface area contributed by atoms with Gasteiger partial charge in [0, 0.05) is 29.9 Å². The minimum absolute atomic E-state index is 0.0844. The summed E-state index contributed by atoms with van der Waals surface area (Å²) in [6, 6.07) is 13.0. The average Bonchev–Trinajstić information content (AvgIpc) is 2.99. The number of nitrogens with two attached hydrogens (primary N) is 1. The maximum absolute atomic E-state index is 12.6. The molecule has 2 aromatic heterocycles. The fraction of sp³-hybridized carbons (Fsp3) is 0.250. The van der Waals surface area contributed by atoms with Gasteiger partial charge in [0.15, 0.2) is 11.2 Å². The van der Waals surface area contributed by atoms with Gasteiger partial charge in [0.05, 0.1) is 30.8 Å². The standard InChI is InChI=1S/C26H26N8O4.C2H6/c27-18-5-1-16(2-6-18)11-29-22(36)10-9-20(14-35)34-25(37)17-3-7-19(8-4-17)28-12-21-13-30-24-23(33-21)26(38)32-15-31-24;1-2/h1-8,13-15,20,28H,9-12,27H2,(H,29,36)(H,34,37)(H,30,31,32,38);1-2H3. The van der Waals surface area contributed by atoms with E-state index in [1.807, 2.05) is 26.0 Å². The van der Waals surface area contributed by atoms with Gasteiger partial charge in [-0.1, -0.05) is 26.0 Å². The van der Waals surface area contributed by atoms with Gasteiger partial charge in [0.2, 0.25) is 5.91 Å². The van der Waals surface area contributed by atoms with Crippen LogP contribution in [0.15, 0.2) is 65.8 Å². The number of carbonyl (C=O) groups is 3. The van der Waals surface area contributed by atoms with Crippen molar-refractivity contribution >= 4 is 40.6 Å². The number of aromatic nitrogens is 4. The molecule has 1 unspecified atom stereocenters. The van der Waals surface area contributed by atoms with Gasteiger partial charge < -0.3 is 31.5 Å². The lowest BCUT2D eigenvalue weighted by molar-refractivity contribution is -0.121. The fourth-order valence-corrected chi connectivity index (χ4v) is 3.54. The van der Waals surface area contributed by atoms with Crippen molar-refractivity contribution in [3.05, 3.63) is 88.2 Å². The Hall–Kier alpha value is -5.13. The second kappa shape index (κ2) is 14.7. The highest BCUT2D eigenvalue weighted by atomic mass is 16.2. The van der Waals surface area contributed by atoms with Gasteiger partial charge in [-0.2, -0.15) is 0 Å². The van der Waals surface area contributed by atoms with Crippen LogP contribution in [0.5, 0.6) is 0 Å². The molecule has 40 heavy (non-hydrogen) atoms. The third-order valence-corrected chi connectivity index (χ3v) is 5.65. The summed E-state index contributed by atoms with van der Waals surface area (Å²) in [4.78, 5) is 62.9. The predicted molar refractivity (Wildman–Crippen MR) is 152 cm³/mol. The van der Waals surface area contributed by atoms with Gasteiger partial charge in [-0.25, -0.2) is 15.0 Å². The Morgan fingerprint density at radius 2 is 1.75 bits per heavy atom. The first kappa shape index (κ1) is 29.4. The third-order valence-electron chi connectivity index (χ3n) is 5.65. The lowest BCUT2D eigenvalue weighted by Gasteiger charge is -2.13. The van der Waals surface area contributed by atoms with Crippen LogP contribution in [0.1, 0.15) is 48.3 Å². The largest absolute Gasteiger partial charge is 0.399 e. The molecule has 4 aromatic rings. The molecule has 0 aliphatic carbocycles. The van der Waals surface area contributed by atoms with Crippen molar-refractivity contribution < 1.29 is 14.4 Å². The summed E-state index contributed by atoms with van der Waals surface area (Å²) >= 11 is 0. The summed E-state index contributed by atoms with van der Waals surface area (Å²) < 4.78 is 0. The Kier molecular flexibility index (Phi) is 10.8. The number of hydrogen-bond acceptors (Lipinski definition) is 9.